The van der Waals surface area contributed by atoms with Gasteiger partial charge in [-0.3, -0.25) is 4.79 Å². The first kappa shape index (κ1) is 17.8. The fraction of sp³-hybridized carbons (Fsp3) is 0.364. The molecule has 3 aromatic rings. The second-order valence-corrected chi connectivity index (χ2v) is 7.77. The molecule has 1 fully saturated rings. The fourth-order valence-corrected chi connectivity index (χ4v) is 4.03. The van der Waals surface area contributed by atoms with E-state index in [0.717, 1.165) is 53.4 Å². The number of benzene rings is 2. The fourth-order valence-electron chi connectivity index (χ4n) is 4.03. The minimum Gasteiger partial charge on any atom is -0.454 e. The summed E-state index contributed by atoms with van der Waals surface area (Å²) in [5.41, 5.74) is 4.20. The largest absolute Gasteiger partial charge is 0.454 e. The van der Waals surface area contributed by atoms with Gasteiger partial charge in [-0.1, -0.05) is 12.1 Å². The molecule has 5 rings (SSSR count). The molecule has 1 atom stereocenters. The van der Waals surface area contributed by atoms with Crippen molar-refractivity contribution in [2.75, 3.05) is 24.8 Å². The third kappa shape index (κ3) is 3.60. The Kier molecular flexibility index (Phi) is 4.50. The number of nitrogens with one attached hydrogen (secondary N) is 2. The van der Waals surface area contributed by atoms with Crippen molar-refractivity contribution >= 4 is 22.9 Å². The molecule has 1 saturated heterocycles. The lowest BCUT2D eigenvalue weighted by Crippen LogP contribution is -2.43. The van der Waals surface area contributed by atoms with Gasteiger partial charge in [0.25, 0.3) is 0 Å². The number of aromatic amines is 1. The molecule has 7 nitrogen and oxygen atoms in total. The van der Waals surface area contributed by atoms with Crippen molar-refractivity contribution < 1.29 is 14.3 Å². The Bertz CT molecular complexity index is 1060. The molecule has 0 saturated carbocycles. The maximum absolute atomic E-state index is 12.8. The third-order valence-electron chi connectivity index (χ3n) is 5.62. The lowest BCUT2D eigenvalue weighted by atomic mass is 9.97. The number of carbonyl (C=O) groups is 1. The number of imidazole rings is 1. The highest BCUT2D eigenvalue weighted by Gasteiger charge is 2.27. The number of hydrogen-bond acceptors (Lipinski definition) is 5. The van der Waals surface area contributed by atoms with Crippen LogP contribution in [0.2, 0.25) is 0 Å². The van der Waals surface area contributed by atoms with E-state index in [-0.39, 0.29) is 18.6 Å². The van der Waals surface area contributed by atoms with Gasteiger partial charge in [-0.2, -0.15) is 0 Å². The Labute approximate surface area is 169 Å². The average molecular weight is 392 g/mol. The molecule has 150 valence electrons. The van der Waals surface area contributed by atoms with E-state index in [1.54, 1.807) is 0 Å². The van der Waals surface area contributed by atoms with Crippen LogP contribution in [-0.4, -0.2) is 35.8 Å². The molecule has 2 aliphatic rings. The molecule has 1 aromatic heterocycles. The molecule has 1 unspecified atom stereocenters. The van der Waals surface area contributed by atoms with Crippen molar-refractivity contribution in [1.82, 2.24) is 15.3 Å². The highest BCUT2D eigenvalue weighted by molar-refractivity contribution is 5.80. The summed E-state index contributed by atoms with van der Waals surface area (Å²) >= 11 is 0. The zero-order valence-corrected chi connectivity index (χ0v) is 16.4. The van der Waals surface area contributed by atoms with Crippen LogP contribution >= 0.6 is 0 Å². The highest BCUT2D eigenvalue weighted by atomic mass is 16.7. The number of aryl methyl sites for hydroxylation is 1. The van der Waals surface area contributed by atoms with E-state index in [1.165, 1.54) is 5.56 Å². The number of hydrogen-bond donors (Lipinski definition) is 2. The first-order valence-corrected chi connectivity index (χ1v) is 10.0. The van der Waals surface area contributed by atoms with E-state index in [2.05, 4.69) is 34.3 Å². The number of ether oxygens (including phenoxy) is 2. The van der Waals surface area contributed by atoms with Gasteiger partial charge in [-0.15, -0.1) is 0 Å². The maximum Gasteiger partial charge on any atom is 0.231 e. The normalized spacial score (nSPS) is 18.2. The van der Waals surface area contributed by atoms with Crippen molar-refractivity contribution in [1.29, 1.82) is 0 Å². The predicted octanol–water partition coefficient (Wildman–Crippen LogP) is 3.13. The van der Waals surface area contributed by atoms with Crippen molar-refractivity contribution in [3.63, 3.8) is 0 Å². The topological polar surface area (TPSA) is 79.5 Å². The van der Waals surface area contributed by atoms with Crippen LogP contribution in [0, 0.1) is 12.8 Å². The molecule has 3 heterocycles. The molecule has 0 radical (unpaired) electrons. The summed E-state index contributed by atoms with van der Waals surface area (Å²) in [6.45, 7) is 4.39. The minimum absolute atomic E-state index is 0.0484. The maximum atomic E-state index is 12.8. The Morgan fingerprint density at radius 2 is 2.14 bits per heavy atom. The van der Waals surface area contributed by atoms with Crippen LogP contribution in [0.1, 0.15) is 24.0 Å². The molecule has 0 aliphatic carbocycles. The zero-order valence-electron chi connectivity index (χ0n) is 16.4. The number of fused-ring (bicyclic) bond motifs is 2. The smallest absolute Gasteiger partial charge is 0.231 e. The molecule has 7 heteroatoms. The predicted molar refractivity (Wildman–Crippen MR) is 110 cm³/mol. The second-order valence-electron chi connectivity index (χ2n) is 7.77. The molecule has 1 amide bonds. The van der Waals surface area contributed by atoms with Crippen LogP contribution in [0.3, 0.4) is 0 Å². The number of piperidine rings is 1. The van der Waals surface area contributed by atoms with Crippen LogP contribution in [-0.2, 0) is 11.3 Å². The number of carbonyl (C=O) groups excluding carboxylic acids is 1. The van der Waals surface area contributed by atoms with Crippen molar-refractivity contribution in [2.24, 2.45) is 5.92 Å². The SMILES string of the molecule is Cc1ccc2nc(N3CCCC(C(=O)NCc4ccc5c(c4)OCO5)C3)[nH]c2c1. The number of rotatable bonds is 4. The van der Waals surface area contributed by atoms with Crippen molar-refractivity contribution in [2.45, 2.75) is 26.3 Å². The lowest BCUT2D eigenvalue weighted by molar-refractivity contribution is -0.125. The lowest BCUT2D eigenvalue weighted by Gasteiger charge is -2.31. The van der Waals surface area contributed by atoms with Crippen LogP contribution in [0.25, 0.3) is 11.0 Å². The summed E-state index contributed by atoms with van der Waals surface area (Å²) in [4.78, 5) is 23.1. The van der Waals surface area contributed by atoms with E-state index >= 15 is 0 Å². The Hall–Kier alpha value is -3.22. The molecule has 29 heavy (non-hydrogen) atoms. The average Bonchev–Trinajstić information content (AvgIpc) is 3.38. The van der Waals surface area contributed by atoms with Gasteiger partial charge < -0.3 is 24.7 Å². The Morgan fingerprint density at radius 3 is 3.07 bits per heavy atom. The van der Waals surface area contributed by atoms with Crippen molar-refractivity contribution in [3.8, 4) is 11.5 Å². The molecule has 2 N–H and O–H groups in total. The van der Waals surface area contributed by atoms with E-state index < -0.39 is 0 Å². The summed E-state index contributed by atoms with van der Waals surface area (Å²) < 4.78 is 10.7. The van der Waals surface area contributed by atoms with Gasteiger partial charge in [-0.05, 0) is 55.2 Å². The van der Waals surface area contributed by atoms with E-state index in [0.29, 0.717) is 13.1 Å². The van der Waals surface area contributed by atoms with E-state index in [9.17, 15) is 4.79 Å². The van der Waals surface area contributed by atoms with Gasteiger partial charge in [0, 0.05) is 19.6 Å². The summed E-state index contributed by atoms with van der Waals surface area (Å²) in [6.07, 6.45) is 1.86. The van der Waals surface area contributed by atoms with Crippen LogP contribution in [0.4, 0.5) is 5.95 Å². The molecule has 0 bridgehead atoms. The van der Waals surface area contributed by atoms with E-state index in [4.69, 9.17) is 14.5 Å². The van der Waals surface area contributed by atoms with Gasteiger partial charge in [0.1, 0.15) is 0 Å². The van der Waals surface area contributed by atoms with Gasteiger partial charge in [0.05, 0.1) is 17.0 Å². The van der Waals surface area contributed by atoms with Gasteiger partial charge in [0.15, 0.2) is 11.5 Å². The standard InChI is InChI=1S/C22H24N4O3/c1-14-4-6-17-18(9-14)25-22(24-17)26-8-2-3-16(12-26)21(27)23-11-15-5-7-19-20(10-15)29-13-28-19/h4-7,9-10,16H,2-3,8,11-13H2,1H3,(H,23,27)(H,24,25). The van der Waals surface area contributed by atoms with Crippen molar-refractivity contribution in [3.05, 3.63) is 47.5 Å². The van der Waals surface area contributed by atoms with Crippen LogP contribution in [0.5, 0.6) is 11.5 Å². The molecule has 2 aliphatic heterocycles. The Balaban J connectivity index is 1.23. The first-order valence-electron chi connectivity index (χ1n) is 10.0. The number of aromatic nitrogens is 2. The summed E-state index contributed by atoms with van der Waals surface area (Å²) in [5, 5.41) is 3.07. The van der Waals surface area contributed by atoms with Gasteiger partial charge in [-0.25, -0.2) is 4.98 Å². The third-order valence-corrected chi connectivity index (χ3v) is 5.62. The van der Waals surface area contributed by atoms with Crippen LogP contribution in [0.15, 0.2) is 36.4 Å². The Morgan fingerprint density at radius 1 is 1.24 bits per heavy atom. The zero-order chi connectivity index (χ0) is 19.8. The molecule has 2 aromatic carbocycles. The minimum atomic E-state index is -0.0484. The summed E-state index contributed by atoms with van der Waals surface area (Å²) in [5.74, 6) is 2.37. The summed E-state index contributed by atoms with van der Waals surface area (Å²) in [6, 6.07) is 12.0. The number of nitrogens with zero attached hydrogens (tertiary/aromatic N) is 2. The monoisotopic (exact) mass is 392 g/mol. The number of amides is 1. The molecule has 0 spiro atoms. The molecular formula is C22H24N4O3. The van der Waals surface area contributed by atoms with Gasteiger partial charge in [0.2, 0.25) is 18.6 Å². The first-order chi connectivity index (χ1) is 14.2. The quantitative estimate of drug-likeness (QED) is 0.713. The second kappa shape index (κ2) is 7.31. The highest BCUT2D eigenvalue weighted by Crippen LogP contribution is 2.32. The van der Waals surface area contributed by atoms with Crippen LogP contribution < -0.4 is 19.7 Å². The number of anilines is 1. The van der Waals surface area contributed by atoms with E-state index in [1.807, 2.05) is 24.3 Å². The molecular weight excluding hydrogens is 368 g/mol. The summed E-state index contributed by atoms with van der Waals surface area (Å²) in [7, 11) is 0. The number of H-pyrrole nitrogens is 1. The van der Waals surface area contributed by atoms with Gasteiger partial charge >= 0.3 is 0 Å².